The Morgan fingerprint density at radius 1 is 1.58 bits per heavy atom. The minimum Gasteiger partial charge on any atom is -0.497 e. The minimum absolute atomic E-state index is 0.0318. The molecule has 1 aromatic rings. The van der Waals surface area contributed by atoms with Gasteiger partial charge in [0, 0.05) is 6.20 Å². The van der Waals surface area contributed by atoms with Crippen LogP contribution in [0.5, 0.6) is 5.75 Å². The number of halogens is 1. The van der Waals surface area contributed by atoms with E-state index in [4.69, 9.17) is 26.4 Å². The quantitative estimate of drug-likeness (QED) is 0.480. The highest BCUT2D eigenvalue weighted by Crippen LogP contribution is 2.11. The molecule has 64 valence electrons. The predicted molar refractivity (Wildman–Crippen MR) is 45.6 cm³/mol. The standard InChI is InChI=1S/C6H7BClNO3/c1-12-4-2-3-9-6(8)5(4)7(10)11/h2-3,10-11H,1H3. The first-order chi connectivity index (χ1) is 5.66. The third-order valence-corrected chi connectivity index (χ3v) is 1.68. The van der Waals surface area contributed by atoms with Crippen LogP contribution < -0.4 is 10.2 Å². The number of ether oxygens (including phenoxy) is 1. The van der Waals surface area contributed by atoms with Gasteiger partial charge >= 0.3 is 7.12 Å². The first kappa shape index (κ1) is 9.31. The molecular weight excluding hydrogens is 180 g/mol. The Hall–Kier alpha value is -0.775. The van der Waals surface area contributed by atoms with Crippen molar-refractivity contribution in [3.63, 3.8) is 0 Å². The molecule has 0 spiro atoms. The van der Waals surface area contributed by atoms with E-state index >= 15 is 0 Å². The second-order valence-corrected chi connectivity index (χ2v) is 2.45. The van der Waals surface area contributed by atoms with Gasteiger partial charge < -0.3 is 14.8 Å². The normalized spacial score (nSPS) is 9.67. The van der Waals surface area contributed by atoms with Gasteiger partial charge in [-0.25, -0.2) is 4.98 Å². The van der Waals surface area contributed by atoms with Crippen molar-refractivity contribution >= 4 is 24.2 Å². The number of hydrogen-bond donors (Lipinski definition) is 2. The van der Waals surface area contributed by atoms with E-state index in [1.165, 1.54) is 19.4 Å². The van der Waals surface area contributed by atoms with Crippen LogP contribution in [0.4, 0.5) is 0 Å². The molecule has 1 rings (SSSR count). The van der Waals surface area contributed by atoms with Gasteiger partial charge in [-0.1, -0.05) is 11.6 Å². The Morgan fingerprint density at radius 2 is 2.25 bits per heavy atom. The van der Waals surface area contributed by atoms with Gasteiger partial charge in [-0.3, -0.25) is 0 Å². The number of hydrogen-bond acceptors (Lipinski definition) is 4. The summed E-state index contributed by atoms with van der Waals surface area (Å²) in [5, 5.41) is 17.8. The van der Waals surface area contributed by atoms with Crippen LogP contribution in [0.25, 0.3) is 0 Å². The van der Waals surface area contributed by atoms with Gasteiger partial charge in [-0.2, -0.15) is 0 Å². The summed E-state index contributed by atoms with van der Waals surface area (Å²) >= 11 is 5.59. The van der Waals surface area contributed by atoms with E-state index in [1.807, 2.05) is 0 Å². The largest absolute Gasteiger partial charge is 0.497 e. The van der Waals surface area contributed by atoms with Gasteiger partial charge in [0.15, 0.2) is 0 Å². The molecule has 0 amide bonds. The molecule has 0 unspecified atom stereocenters. The second kappa shape index (κ2) is 3.75. The lowest BCUT2D eigenvalue weighted by atomic mass is 9.81. The fourth-order valence-corrected chi connectivity index (χ4v) is 1.09. The Bertz CT molecular complexity index is 281. The third-order valence-electron chi connectivity index (χ3n) is 1.38. The maximum Gasteiger partial charge on any atom is 0.495 e. The lowest BCUT2D eigenvalue weighted by Gasteiger charge is -2.07. The van der Waals surface area contributed by atoms with Crippen LogP contribution in [0, 0.1) is 0 Å². The highest BCUT2D eigenvalue weighted by Gasteiger charge is 2.21. The van der Waals surface area contributed by atoms with Crippen LogP contribution in [-0.4, -0.2) is 29.3 Å². The summed E-state index contributed by atoms with van der Waals surface area (Å²) in [7, 11) is -0.251. The van der Waals surface area contributed by atoms with Crippen LogP contribution in [-0.2, 0) is 0 Å². The predicted octanol–water partition coefficient (Wildman–Crippen LogP) is -0.577. The number of nitrogens with zero attached hydrogens (tertiary/aromatic N) is 1. The van der Waals surface area contributed by atoms with Crippen molar-refractivity contribution in [2.45, 2.75) is 0 Å². The fraction of sp³-hybridized carbons (Fsp3) is 0.167. The van der Waals surface area contributed by atoms with Gasteiger partial charge in [0.25, 0.3) is 0 Å². The van der Waals surface area contributed by atoms with E-state index in [0.29, 0.717) is 5.75 Å². The number of pyridine rings is 1. The first-order valence-electron chi connectivity index (χ1n) is 3.21. The molecular formula is C6H7BClNO3. The van der Waals surface area contributed by atoms with Crippen molar-refractivity contribution in [1.29, 1.82) is 0 Å². The van der Waals surface area contributed by atoms with Gasteiger partial charge in [-0.05, 0) is 6.07 Å². The third kappa shape index (κ3) is 1.69. The Kier molecular flexibility index (Phi) is 2.91. The molecule has 6 heteroatoms. The molecule has 1 heterocycles. The lowest BCUT2D eigenvalue weighted by molar-refractivity contribution is 0.402. The summed E-state index contributed by atoms with van der Waals surface area (Å²) in [5.41, 5.74) is 0.0849. The van der Waals surface area contributed by atoms with Gasteiger partial charge in [0.1, 0.15) is 10.9 Å². The second-order valence-electron chi connectivity index (χ2n) is 2.09. The van der Waals surface area contributed by atoms with Crippen molar-refractivity contribution in [2.24, 2.45) is 0 Å². The van der Waals surface area contributed by atoms with Crippen LogP contribution in [0.3, 0.4) is 0 Å². The fourth-order valence-electron chi connectivity index (χ4n) is 0.843. The van der Waals surface area contributed by atoms with E-state index in [-0.39, 0.29) is 10.6 Å². The highest BCUT2D eigenvalue weighted by molar-refractivity contribution is 6.63. The van der Waals surface area contributed by atoms with Crippen molar-refractivity contribution in [1.82, 2.24) is 4.98 Å². The summed E-state index contributed by atoms with van der Waals surface area (Å²) in [6, 6.07) is 1.50. The monoisotopic (exact) mass is 187 g/mol. The molecule has 4 nitrogen and oxygen atoms in total. The van der Waals surface area contributed by atoms with Gasteiger partial charge in [-0.15, -0.1) is 0 Å². The van der Waals surface area contributed by atoms with E-state index in [9.17, 15) is 0 Å². The average molecular weight is 187 g/mol. The SMILES string of the molecule is COc1ccnc(Cl)c1B(O)O. The summed E-state index contributed by atoms with van der Waals surface area (Å²) < 4.78 is 4.84. The van der Waals surface area contributed by atoms with E-state index in [0.717, 1.165) is 0 Å². The molecule has 2 N–H and O–H groups in total. The van der Waals surface area contributed by atoms with Crippen molar-refractivity contribution < 1.29 is 14.8 Å². The molecule has 1 aromatic heterocycles. The average Bonchev–Trinajstić information content (AvgIpc) is 2.03. The maximum absolute atomic E-state index is 8.87. The van der Waals surface area contributed by atoms with Crippen molar-refractivity contribution in [3.05, 3.63) is 17.4 Å². The summed E-state index contributed by atoms with van der Waals surface area (Å²) in [6.45, 7) is 0. The number of aromatic nitrogens is 1. The number of methoxy groups -OCH3 is 1. The molecule has 0 bridgehead atoms. The van der Waals surface area contributed by atoms with Crippen LogP contribution in [0.15, 0.2) is 12.3 Å². The van der Waals surface area contributed by atoms with Crippen LogP contribution >= 0.6 is 11.6 Å². The minimum atomic E-state index is -1.67. The molecule has 0 aliphatic carbocycles. The zero-order chi connectivity index (χ0) is 9.14. The molecule has 0 aliphatic rings. The molecule has 0 atom stereocenters. The molecule has 0 aliphatic heterocycles. The molecule has 12 heavy (non-hydrogen) atoms. The molecule has 0 saturated carbocycles. The summed E-state index contributed by atoms with van der Waals surface area (Å²) in [5.74, 6) is 0.310. The maximum atomic E-state index is 8.87. The molecule has 0 radical (unpaired) electrons. The van der Waals surface area contributed by atoms with Gasteiger partial charge in [0.2, 0.25) is 0 Å². The smallest absolute Gasteiger partial charge is 0.495 e. The van der Waals surface area contributed by atoms with Crippen molar-refractivity contribution in [3.8, 4) is 5.75 Å². The van der Waals surface area contributed by atoms with Crippen LogP contribution in [0.1, 0.15) is 0 Å². The Labute approximate surface area is 74.9 Å². The van der Waals surface area contributed by atoms with Gasteiger partial charge in [0.05, 0.1) is 12.6 Å². The topological polar surface area (TPSA) is 62.6 Å². The Balaban J connectivity index is 3.20. The first-order valence-corrected chi connectivity index (χ1v) is 3.59. The highest BCUT2D eigenvalue weighted by atomic mass is 35.5. The summed E-state index contributed by atoms with van der Waals surface area (Å²) in [4.78, 5) is 3.67. The molecule has 0 saturated heterocycles. The number of rotatable bonds is 2. The molecule has 0 aromatic carbocycles. The summed E-state index contributed by atoms with van der Waals surface area (Å²) in [6.07, 6.45) is 1.42. The zero-order valence-electron chi connectivity index (χ0n) is 6.36. The lowest BCUT2D eigenvalue weighted by Crippen LogP contribution is -2.32. The van der Waals surface area contributed by atoms with E-state index in [2.05, 4.69) is 4.98 Å². The zero-order valence-corrected chi connectivity index (χ0v) is 7.12. The van der Waals surface area contributed by atoms with Crippen LogP contribution in [0.2, 0.25) is 5.15 Å². The van der Waals surface area contributed by atoms with E-state index in [1.54, 1.807) is 0 Å². The Morgan fingerprint density at radius 3 is 2.67 bits per heavy atom. The van der Waals surface area contributed by atoms with Crippen molar-refractivity contribution in [2.75, 3.05) is 7.11 Å². The molecule has 0 fully saturated rings. The van der Waals surface area contributed by atoms with E-state index < -0.39 is 7.12 Å².